The minimum Gasteiger partial charge on any atom is -0.354 e. The molecule has 236 valence electrons. The molecule has 0 radical (unpaired) electrons. The van der Waals surface area contributed by atoms with Gasteiger partial charge in [-0.15, -0.1) is 0 Å². The van der Waals surface area contributed by atoms with Crippen LogP contribution in [0.5, 0.6) is 0 Å². The largest absolute Gasteiger partial charge is 0.354 e. The van der Waals surface area contributed by atoms with Crippen LogP contribution in [-0.4, -0.2) is 44.3 Å². The Balaban J connectivity index is 1.81. The molecule has 1 N–H and O–H groups in total. The standard InChI is InChI=1S/C35H37BrClN3O4S/c1-25(2)22-38-35(42)33(21-27-11-5-4-6-12-27)39(23-28-13-9-14-29(36)20-28)34(41)24-40(32-15-8-7-10-26(32)3)45(43,44)31-18-16-30(37)17-19-31/h4-20,25,33H,21-24H2,1-3H3,(H,38,42)/t33-/m0/s1. The van der Waals surface area contributed by atoms with Crippen LogP contribution in [0.15, 0.2) is 112 Å². The van der Waals surface area contributed by atoms with Crippen LogP contribution in [0.3, 0.4) is 0 Å². The van der Waals surface area contributed by atoms with Crippen LogP contribution in [0.25, 0.3) is 0 Å². The molecule has 0 unspecified atom stereocenters. The quantitative estimate of drug-likeness (QED) is 0.162. The topological polar surface area (TPSA) is 86.8 Å². The van der Waals surface area contributed by atoms with Gasteiger partial charge in [0, 0.05) is 29.0 Å². The highest BCUT2D eigenvalue weighted by atomic mass is 79.9. The van der Waals surface area contributed by atoms with Gasteiger partial charge in [0.05, 0.1) is 10.6 Å². The molecule has 0 aliphatic carbocycles. The molecule has 7 nitrogen and oxygen atoms in total. The lowest BCUT2D eigenvalue weighted by Crippen LogP contribution is -2.53. The molecule has 45 heavy (non-hydrogen) atoms. The maximum absolute atomic E-state index is 14.5. The molecule has 0 fully saturated rings. The van der Waals surface area contributed by atoms with Crippen LogP contribution in [0.2, 0.25) is 5.02 Å². The molecule has 0 aliphatic heterocycles. The van der Waals surface area contributed by atoms with Gasteiger partial charge < -0.3 is 10.2 Å². The number of sulfonamides is 1. The van der Waals surface area contributed by atoms with E-state index in [0.717, 1.165) is 19.9 Å². The normalized spacial score (nSPS) is 12.0. The van der Waals surface area contributed by atoms with Crippen molar-refractivity contribution in [1.82, 2.24) is 10.2 Å². The van der Waals surface area contributed by atoms with E-state index in [0.29, 0.717) is 22.8 Å². The maximum Gasteiger partial charge on any atom is 0.264 e. The van der Waals surface area contributed by atoms with Crippen molar-refractivity contribution in [2.24, 2.45) is 5.92 Å². The van der Waals surface area contributed by atoms with E-state index < -0.39 is 28.5 Å². The molecule has 0 saturated carbocycles. The van der Waals surface area contributed by atoms with Gasteiger partial charge in [0.25, 0.3) is 10.0 Å². The smallest absolute Gasteiger partial charge is 0.264 e. The highest BCUT2D eigenvalue weighted by Gasteiger charge is 2.35. The number of benzene rings is 4. The summed E-state index contributed by atoms with van der Waals surface area (Å²) in [4.78, 5) is 29.9. The van der Waals surface area contributed by atoms with Gasteiger partial charge in [0.15, 0.2) is 0 Å². The Morgan fingerprint density at radius 3 is 2.16 bits per heavy atom. The van der Waals surface area contributed by atoms with Gasteiger partial charge >= 0.3 is 0 Å². The number of anilines is 1. The van der Waals surface area contributed by atoms with Crippen LogP contribution in [-0.2, 0) is 32.6 Å². The summed E-state index contributed by atoms with van der Waals surface area (Å²) in [7, 11) is -4.21. The second-order valence-corrected chi connectivity index (χ2v) is 14.5. The summed E-state index contributed by atoms with van der Waals surface area (Å²) in [6, 6.07) is 28.9. The molecular formula is C35H37BrClN3O4S. The van der Waals surface area contributed by atoms with Crippen molar-refractivity contribution in [2.45, 2.75) is 44.7 Å². The molecule has 1 atom stereocenters. The van der Waals surface area contributed by atoms with E-state index in [2.05, 4.69) is 21.2 Å². The van der Waals surface area contributed by atoms with Gasteiger partial charge in [-0.1, -0.05) is 102 Å². The van der Waals surface area contributed by atoms with Crippen LogP contribution >= 0.6 is 27.5 Å². The van der Waals surface area contributed by atoms with Gasteiger partial charge in [-0.2, -0.15) is 0 Å². The lowest BCUT2D eigenvalue weighted by molar-refractivity contribution is -0.140. The number of carbonyl (C=O) groups is 2. The van der Waals surface area contributed by atoms with Crippen molar-refractivity contribution in [2.75, 3.05) is 17.4 Å². The number of nitrogens with one attached hydrogen (secondary N) is 1. The minimum absolute atomic E-state index is 0.00277. The highest BCUT2D eigenvalue weighted by molar-refractivity contribution is 9.10. The fraction of sp³-hybridized carbons (Fsp3) is 0.257. The van der Waals surface area contributed by atoms with E-state index in [1.807, 2.05) is 74.5 Å². The summed E-state index contributed by atoms with van der Waals surface area (Å²) in [6.45, 7) is 5.79. The summed E-state index contributed by atoms with van der Waals surface area (Å²) in [5.74, 6) is -0.628. The fourth-order valence-electron chi connectivity index (χ4n) is 4.90. The number of para-hydroxylation sites is 1. The average molecular weight is 711 g/mol. The van der Waals surface area contributed by atoms with Gasteiger partial charge in [0.2, 0.25) is 11.8 Å². The number of rotatable bonds is 13. The highest BCUT2D eigenvalue weighted by Crippen LogP contribution is 2.28. The zero-order chi connectivity index (χ0) is 32.6. The Morgan fingerprint density at radius 1 is 0.867 bits per heavy atom. The zero-order valence-electron chi connectivity index (χ0n) is 25.5. The Labute approximate surface area is 279 Å². The monoisotopic (exact) mass is 709 g/mol. The zero-order valence-corrected chi connectivity index (χ0v) is 28.6. The maximum atomic E-state index is 14.5. The SMILES string of the molecule is Cc1ccccc1N(CC(=O)N(Cc1cccc(Br)c1)[C@@H](Cc1ccccc1)C(=O)NCC(C)C)S(=O)(=O)c1ccc(Cl)cc1. The molecule has 0 bridgehead atoms. The first kappa shape index (κ1) is 34.2. The van der Waals surface area contributed by atoms with Crippen molar-refractivity contribution >= 4 is 55.1 Å². The van der Waals surface area contributed by atoms with E-state index >= 15 is 0 Å². The third-order valence-corrected chi connectivity index (χ3v) is 9.78. The first-order valence-electron chi connectivity index (χ1n) is 14.6. The first-order valence-corrected chi connectivity index (χ1v) is 17.3. The average Bonchev–Trinajstić information content (AvgIpc) is 3.01. The Bertz CT molecular complexity index is 1720. The Morgan fingerprint density at radius 2 is 1.51 bits per heavy atom. The van der Waals surface area contributed by atoms with E-state index in [9.17, 15) is 18.0 Å². The molecule has 0 saturated heterocycles. The van der Waals surface area contributed by atoms with Crippen molar-refractivity contribution in [3.63, 3.8) is 0 Å². The van der Waals surface area contributed by atoms with E-state index in [4.69, 9.17) is 11.6 Å². The van der Waals surface area contributed by atoms with Crippen LogP contribution < -0.4 is 9.62 Å². The third-order valence-electron chi connectivity index (χ3n) is 7.26. The van der Waals surface area contributed by atoms with Gasteiger partial charge in [-0.3, -0.25) is 13.9 Å². The number of amides is 2. The minimum atomic E-state index is -4.21. The lowest BCUT2D eigenvalue weighted by atomic mass is 10.0. The van der Waals surface area contributed by atoms with Crippen molar-refractivity contribution in [3.05, 3.63) is 129 Å². The first-order chi connectivity index (χ1) is 21.5. The summed E-state index contributed by atoms with van der Waals surface area (Å²) < 4.78 is 30.3. The molecule has 10 heteroatoms. The van der Waals surface area contributed by atoms with Crippen LogP contribution in [0.4, 0.5) is 5.69 Å². The summed E-state index contributed by atoms with van der Waals surface area (Å²) >= 11 is 9.57. The van der Waals surface area contributed by atoms with Gasteiger partial charge in [0.1, 0.15) is 12.6 Å². The third kappa shape index (κ3) is 9.19. The second-order valence-electron chi connectivity index (χ2n) is 11.2. The number of nitrogens with zero attached hydrogens (tertiary/aromatic N) is 2. The van der Waals surface area contributed by atoms with Crippen molar-refractivity contribution in [3.8, 4) is 0 Å². The summed E-state index contributed by atoms with van der Waals surface area (Å²) in [6.07, 6.45) is 0.249. The summed E-state index contributed by atoms with van der Waals surface area (Å²) in [5.41, 5.74) is 2.71. The fourth-order valence-corrected chi connectivity index (χ4v) is 6.95. The number of hydrogen-bond donors (Lipinski definition) is 1. The molecule has 0 aliphatic rings. The Hall–Kier alpha value is -3.66. The van der Waals surface area contributed by atoms with E-state index in [1.54, 1.807) is 25.1 Å². The lowest BCUT2D eigenvalue weighted by Gasteiger charge is -2.34. The number of halogens is 2. The molecule has 2 amide bonds. The van der Waals surface area contributed by atoms with Gasteiger partial charge in [-0.25, -0.2) is 8.42 Å². The molecule has 4 aromatic carbocycles. The number of aryl methyl sites for hydroxylation is 1. The van der Waals surface area contributed by atoms with Crippen LogP contribution in [0, 0.1) is 12.8 Å². The van der Waals surface area contributed by atoms with Crippen LogP contribution in [0.1, 0.15) is 30.5 Å². The molecule has 4 rings (SSSR count). The van der Waals surface area contributed by atoms with E-state index in [-0.39, 0.29) is 29.7 Å². The molecule has 0 heterocycles. The molecular weight excluding hydrogens is 674 g/mol. The number of hydrogen-bond acceptors (Lipinski definition) is 4. The summed E-state index contributed by atoms with van der Waals surface area (Å²) in [5, 5.41) is 3.40. The van der Waals surface area contributed by atoms with E-state index in [1.165, 1.54) is 29.2 Å². The van der Waals surface area contributed by atoms with Gasteiger partial charge in [-0.05, 0) is 72.0 Å². The Kier molecular flexibility index (Phi) is 11.8. The number of carbonyl (C=O) groups excluding carboxylic acids is 2. The predicted octanol–water partition coefficient (Wildman–Crippen LogP) is 7.02. The molecule has 0 aromatic heterocycles. The molecule has 4 aromatic rings. The molecule has 0 spiro atoms. The predicted molar refractivity (Wildman–Crippen MR) is 184 cm³/mol. The van der Waals surface area contributed by atoms with Crippen molar-refractivity contribution in [1.29, 1.82) is 0 Å². The van der Waals surface area contributed by atoms with Crippen molar-refractivity contribution < 1.29 is 18.0 Å². The second kappa shape index (κ2) is 15.6.